The number of aryl methyl sites for hydroxylation is 1. The summed E-state index contributed by atoms with van der Waals surface area (Å²) in [6, 6.07) is 16.7. The summed E-state index contributed by atoms with van der Waals surface area (Å²) in [4.78, 5) is 24.9. The Kier molecular flexibility index (Phi) is 3.18. The molecule has 21 heavy (non-hydrogen) atoms. The molecule has 0 bridgehead atoms. The van der Waals surface area contributed by atoms with Crippen molar-refractivity contribution >= 4 is 11.3 Å². The van der Waals surface area contributed by atoms with Gasteiger partial charge in [0.2, 0.25) is 0 Å². The number of benzene rings is 1. The lowest BCUT2D eigenvalue weighted by Crippen LogP contribution is -2.21. The molecule has 104 valence electrons. The van der Waals surface area contributed by atoms with Crippen LogP contribution in [0.1, 0.15) is 23.0 Å². The van der Waals surface area contributed by atoms with Gasteiger partial charge in [0.1, 0.15) is 0 Å². The van der Waals surface area contributed by atoms with Crippen molar-refractivity contribution < 1.29 is 4.79 Å². The van der Waals surface area contributed by atoms with E-state index in [0.29, 0.717) is 11.1 Å². The molecule has 0 aliphatic rings. The minimum absolute atomic E-state index is 0.102. The van der Waals surface area contributed by atoms with Gasteiger partial charge in [-0.2, -0.15) is 0 Å². The zero-order chi connectivity index (χ0) is 15.0. The fourth-order valence-corrected chi connectivity index (χ4v) is 2.64. The third-order valence-corrected chi connectivity index (χ3v) is 3.64. The van der Waals surface area contributed by atoms with E-state index < -0.39 is 0 Å². The molecule has 3 heteroatoms. The predicted octanol–water partition coefficient (Wildman–Crippen LogP) is 3.48. The largest absolute Gasteiger partial charge is 0.294 e. The average molecular weight is 277 g/mol. The highest BCUT2D eigenvalue weighted by atomic mass is 16.1. The van der Waals surface area contributed by atoms with E-state index in [1.807, 2.05) is 55.5 Å². The summed E-state index contributed by atoms with van der Waals surface area (Å²) in [6.07, 6.45) is 0. The van der Waals surface area contributed by atoms with Crippen molar-refractivity contribution in [3.63, 3.8) is 0 Å². The van der Waals surface area contributed by atoms with Crippen molar-refractivity contribution in [3.05, 3.63) is 76.2 Å². The summed E-state index contributed by atoms with van der Waals surface area (Å²) in [7, 11) is 0. The molecule has 0 unspecified atom stereocenters. The third-order valence-electron chi connectivity index (χ3n) is 3.64. The van der Waals surface area contributed by atoms with Crippen LogP contribution >= 0.6 is 0 Å². The van der Waals surface area contributed by atoms with Crippen molar-refractivity contribution in [1.29, 1.82) is 0 Å². The van der Waals surface area contributed by atoms with Crippen LogP contribution in [0.3, 0.4) is 0 Å². The first kappa shape index (κ1) is 13.3. The standard InChI is InChI=1S/C18H15NO2/c1-12-7-6-10-15-11-16(13(2)20)17(18(21)19(12)15)14-8-4-3-5-9-14/h3-11H,1-2H3. The molecule has 2 aromatic heterocycles. The number of hydrogen-bond donors (Lipinski definition) is 0. The van der Waals surface area contributed by atoms with Crippen LogP contribution < -0.4 is 5.56 Å². The number of ketones is 1. The molecular formula is C18H15NO2. The maximum atomic E-state index is 12.9. The van der Waals surface area contributed by atoms with Crippen LogP contribution in [0, 0.1) is 6.92 Å². The number of carbonyl (C=O) groups excluding carboxylic acids is 1. The molecule has 3 nitrogen and oxygen atoms in total. The Morgan fingerprint density at radius 1 is 1.00 bits per heavy atom. The number of fused-ring (bicyclic) bond motifs is 1. The van der Waals surface area contributed by atoms with Gasteiger partial charge in [-0.25, -0.2) is 0 Å². The number of nitrogens with zero attached hydrogens (tertiary/aromatic N) is 1. The SMILES string of the molecule is CC(=O)c1cc2cccc(C)n2c(=O)c1-c1ccccc1. The van der Waals surface area contributed by atoms with E-state index in [-0.39, 0.29) is 11.3 Å². The van der Waals surface area contributed by atoms with Gasteiger partial charge in [-0.15, -0.1) is 0 Å². The lowest BCUT2D eigenvalue weighted by molar-refractivity contribution is 0.101. The van der Waals surface area contributed by atoms with Crippen molar-refractivity contribution in [2.75, 3.05) is 0 Å². The molecular weight excluding hydrogens is 262 g/mol. The van der Waals surface area contributed by atoms with Gasteiger partial charge in [0, 0.05) is 16.8 Å². The van der Waals surface area contributed by atoms with Gasteiger partial charge in [-0.1, -0.05) is 36.4 Å². The summed E-state index contributed by atoms with van der Waals surface area (Å²) in [5.41, 5.74) is 3.15. The number of Topliss-reactive ketones (excluding diaryl/α,β-unsaturated/α-hetero) is 1. The Balaban J connectivity index is 2.50. The lowest BCUT2D eigenvalue weighted by atomic mass is 9.98. The topological polar surface area (TPSA) is 38.5 Å². The maximum absolute atomic E-state index is 12.9. The number of pyridine rings is 2. The molecule has 3 aromatic rings. The number of rotatable bonds is 2. The molecule has 0 radical (unpaired) electrons. The molecule has 0 atom stereocenters. The van der Waals surface area contributed by atoms with Crippen molar-refractivity contribution in [2.24, 2.45) is 0 Å². The quantitative estimate of drug-likeness (QED) is 0.673. The van der Waals surface area contributed by atoms with E-state index in [0.717, 1.165) is 16.8 Å². The second-order valence-electron chi connectivity index (χ2n) is 5.09. The number of aromatic nitrogens is 1. The first-order chi connectivity index (χ1) is 10.1. The van der Waals surface area contributed by atoms with E-state index in [4.69, 9.17) is 0 Å². The van der Waals surface area contributed by atoms with Gasteiger partial charge in [0.05, 0.1) is 5.56 Å². The summed E-state index contributed by atoms with van der Waals surface area (Å²) in [5.74, 6) is -0.102. The summed E-state index contributed by atoms with van der Waals surface area (Å²) in [6.45, 7) is 3.38. The maximum Gasteiger partial charge on any atom is 0.263 e. The molecule has 1 aromatic carbocycles. The lowest BCUT2D eigenvalue weighted by Gasteiger charge is -2.12. The van der Waals surface area contributed by atoms with Crippen LogP contribution in [-0.4, -0.2) is 10.2 Å². The second-order valence-corrected chi connectivity index (χ2v) is 5.09. The molecule has 0 spiro atoms. The number of carbonyl (C=O) groups is 1. The second kappa shape index (κ2) is 5.02. The molecule has 0 aliphatic carbocycles. The van der Waals surface area contributed by atoms with Crippen LogP contribution in [0.15, 0.2) is 59.4 Å². The van der Waals surface area contributed by atoms with Crippen LogP contribution in [0.5, 0.6) is 0 Å². The van der Waals surface area contributed by atoms with Crippen LogP contribution in [-0.2, 0) is 0 Å². The van der Waals surface area contributed by atoms with Crippen molar-refractivity contribution in [2.45, 2.75) is 13.8 Å². The zero-order valence-electron chi connectivity index (χ0n) is 12.0. The van der Waals surface area contributed by atoms with E-state index in [1.54, 1.807) is 10.5 Å². The normalized spacial score (nSPS) is 10.8. The Labute approximate surface area is 122 Å². The van der Waals surface area contributed by atoms with Crippen LogP contribution in [0.4, 0.5) is 0 Å². The Morgan fingerprint density at radius 2 is 1.71 bits per heavy atom. The zero-order valence-corrected chi connectivity index (χ0v) is 12.0. The minimum atomic E-state index is -0.151. The highest BCUT2D eigenvalue weighted by molar-refractivity contribution is 6.01. The summed E-state index contributed by atoms with van der Waals surface area (Å²) in [5, 5.41) is 0. The number of hydrogen-bond acceptors (Lipinski definition) is 2. The van der Waals surface area contributed by atoms with Gasteiger partial charge in [-0.05, 0) is 37.6 Å². The smallest absolute Gasteiger partial charge is 0.263 e. The van der Waals surface area contributed by atoms with E-state index in [9.17, 15) is 9.59 Å². The van der Waals surface area contributed by atoms with Crippen molar-refractivity contribution in [1.82, 2.24) is 4.40 Å². The molecule has 0 aliphatic heterocycles. The van der Waals surface area contributed by atoms with Crippen LogP contribution in [0.2, 0.25) is 0 Å². The first-order valence-electron chi connectivity index (χ1n) is 6.81. The molecule has 0 N–H and O–H groups in total. The van der Waals surface area contributed by atoms with E-state index >= 15 is 0 Å². The van der Waals surface area contributed by atoms with Crippen molar-refractivity contribution in [3.8, 4) is 11.1 Å². The molecule has 2 heterocycles. The molecule has 0 fully saturated rings. The average Bonchev–Trinajstić information content (AvgIpc) is 2.47. The van der Waals surface area contributed by atoms with Gasteiger partial charge in [0.25, 0.3) is 5.56 Å². The van der Waals surface area contributed by atoms with E-state index in [2.05, 4.69) is 0 Å². The fraction of sp³-hybridized carbons (Fsp3) is 0.111. The fourth-order valence-electron chi connectivity index (χ4n) is 2.64. The van der Waals surface area contributed by atoms with Gasteiger partial charge in [0.15, 0.2) is 5.78 Å². The third kappa shape index (κ3) is 2.17. The highest BCUT2D eigenvalue weighted by Gasteiger charge is 2.16. The predicted molar refractivity (Wildman–Crippen MR) is 83.8 cm³/mol. The molecule has 0 saturated carbocycles. The van der Waals surface area contributed by atoms with Crippen LogP contribution in [0.25, 0.3) is 16.6 Å². The highest BCUT2D eigenvalue weighted by Crippen LogP contribution is 2.22. The Bertz CT molecular complexity index is 892. The Hall–Kier alpha value is -2.68. The summed E-state index contributed by atoms with van der Waals surface area (Å²) < 4.78 is 1.65. The monoisotopic (exact) mass is 277 g/mol. The Morgan fingerprint density at radius 3 is 2.38 bits per heavy atom. The van der Waals surface area contributed by atoms with Gasteiger partial charge in [-0.3, -0.25) is 14.0 Å². The van der Waals surface area contributed by atoms with Gasteiger partial charge < -0.3 is 0 Å². The minimum Gasteiger partial charge on any atom is -0.294 e. The molecule has 0 amide bonds. The molecule has 3 rings (SSSR count). The summed E-state index contributed by atoms with van der Waals surface area (Å²) >= 11 is 0. The van der Waals surface area contributed by atoms with Gasteiger partial charge >= 0.3 is 0 Å². The molecule has 0 saturated heterocycles. The first-order valence-corrected chi connectivity index (χ1v) is 6.81. The van der Waals surface area contributed by atoms with E-state index in [1.165, 1.54) is 6.92 Å².